The van der Waals surface area contributed by atoms with Crippen LogP contribution in [-0.4, -0.2) is 36.7 Å². The zero-order chi connectivity index (χ0) is 8.97. The first kappa shape index (κ1) is 9.28. The number of nitrogens with zero attached hydrogens (tertiary/aromatic N) is 1. The van der Waals surface area contributed by atoms with E-state index in [9.17, 15) is 4.79 Å². The van der Waals surface area contributed by atoms with Crippen LogP contribution >= 0.6 is 0 Å². The molecule has 1 aliphatic rings. The number of nitrogens with one attached hydrogen (secondary N) is 1. The average molecular weight is 173 g/mol. The van der Waals surface area contributed by atoms with E-state index < -0.39 is 0 Å². The molecule has 0 aromatic carbocycles. The number of amides is 2. The van der Waals surface area contributed by atoms with Gasteiger partial charge in [0.2, 0.25) is 0 Å². The molecule has 3 N–H and O–H groups in total. The summed E-state index contributed by atoms with van der Waals surface area (Å²) in [7, 11) is 0. The summed E-state index contributed by atoms with van der Waals surface area (Å²) in [6.07, 6.45) is 0.974. The van der Waals surface area contributed by atoms with Crippen LogP contribution in [0.5, 0.6) is 0 Å². The molecule has 0 radical (unpaired) electrons. The van der Waals surface area contributed by atoms with Gasteiger partial charge in [-0.1, -0.05) is 0 Å². The van der Waals surface area contributed by atoms with E-state index in [2.05, 4.69) is 5.43 Å². The SMILES string of the molecule is CC1CN(C(=O)NN)CCCO1. The largest absolute Gasteiger partial charge is 0.377 e. The summed E-state index contributed by atoms with van der Waals surface area (Å²) < 4.78 is 5.37. The van der Waals surface area contributed by atoms with Crippen LogP contribution in [0.1, 0.15) is 13.3 Å². The van der Waals surface area contributed by atoms with E-state index >= 15 is 0 Å². The first-order chi connectivity index (χ1) is 5.74. The second kappa shape index (κ2) is 4.27. The van der Waals surface area contributed by atoms with Crippen molar-refractivity contribution in [1.29, 1.82) is 0 Å². The fraction of sp³-hybridized carbons (Fsp3) is 0.857. The van der Waals surface area contributed by atoms with E-state index in [1.54, 1.807) is 4.90 Å². The van der Waals surface area contributed by atoms with Crippen LogP contribution in [0.25, 0.3) is 0 Å². The molecule has 1 unspecified atom stereocenters. The van der Waals surface area contributed by atoms with E-state index in [4.69, 9.17) is 10.6 Å². The standard InChI is InChI=1S/C7H15N3O2/c1-6-5-10(7(11)9-8)3-2-4-12-6/h6H,2-5,8H2,1H3,(H,9,11). The van der Waals surface area contributed by atoms with Crippen LogP contribution in [0.3, 0.4) is 0 Å². The first-order valence-electron chi connectivity index (χ1n) is 4.11. The van der Waals surface area contributed by atoms with E-state index in [1.807, 2.05) is 6.92 Å². The van der Waals surface area contributed by atoms with E-state index in [1.165, 1.54) is 0 Å². The maximum atomic E-state index is 11.1. The molecular weight excluding hydrogens is 158 g/mol. The summed E-state index contributed by atoms with van der Waals surface area (Å²) in [4.78, 5) is 12.8. The third kappa shape index (κ3) is 2.35. The monoisotopic (exact) mass is 173 g/mol. The molecule has 0 aromatic heterocycles. The van der Waals surface area contributed by atoms with Gasteiger partial charge in [-0.05, 0) is 13.3 Å². The highest BCUT2D eigenvalue weighted by molar-refractivity contribution is 5.73. The van der Waals surface area contributed by atoms with Crippen molar-refractivity contribution < 1.29 is 9.53 Å². The van der Waals surface area contributed by atoms with Crippen LogP contribution in [0.4, 0.5) is 4.79 Å². The van der Waals surface area contributed by atoms with Crippen molar-refractivity contribution in [2.24, 2.45) is 5.84 Å². The Labute approximate surface area is 71.8 Å². The number of hydrogen-bond acceptors (Lipinski definition) is 3. The lowest BCUT2D eigenvalue weighted by Crippen LogP contribution is -2.45. The molecule has 2 amide bonds. The third-order valence-electron chi connectivity index (χ3n) is 1.86. The van der Waals surface area contributed by atoms with Gasteiger partial charge in [0.05, 0.1) is 6.10 Å². The second-order valence-electron chi connectivity index (χ2n) is 2.93. The Kier molecular flexibility index (Phi) is 3.31. The zero-order valence-corrected chi connectivity index (χ0v) is 7.25. The number of rotatable bonds is 0. The quantitative estimate of drug-likeness (QED) is 0.300. The third-order valence-corrected chi connectivity index (χ3v) is 1.86. The van der Waals surface area contributed by atoms with Gasteiger partial charge in [-0.3, -0.25) is 5.43 Å². The van der Waals surface area contributed by atoms with Gasteiger partial charge in [0, 0.05) is 19.7 Å². The second-order valence-corrected chi connectivity index (χ2v) is 2.93. The molecule has 1 atom stereocenters. The summed E-state index contributed by atoms with van der Waals surface area (Å²) in [5, 5.41) is 0. The van der Waals surface area contributed by atoms with Crippen LogP contribution in [0, 0.1) is 0 Å². The van der Waals surface area contributed by atoms with Gasteiger partial charge in [-0.2, -0.15) is 0 Å². The van der Waals surface area contributed by atoms with Gasteiger partial charge in [-0.15, -0.1) is 0 Å². The van der Waals surface area contributed by atoms with Gasteiger partial charge in [0.25, 0.3) is 0 Å². The molecule has 5 heteroatoms. The predicted octanol–water partition coefficient (Wildman–Crippen LogP) is -0.319. The smallest absolute Gasteiger partial charge is 0.331 e. The Morgan fingerprint density at radius 2 is 2.50 bits per heavy atom. The molecule has 1 rings (SSSR count). The van der Waals surface area contributed by atoms with Crippen LogP contribution in [-0.2, 0) is 4.74 Å². The highest BCUT2D eigenvalue weighted by Gasteiger charge is 2.18. The number of carbonyl (C=O) groups is 1. The molecule has 70 valence electrons. The van der Waals surface area contributed by atoms with Crippen molar-refractivity contribution in [3.63, 3.8) is 0 Å². The Bertz CT molecular complexity index is 163. The Balaban J connectivity index is 2.46. The fourth-order valence-electron chi connectivity index (χ4n) is 1.27. The van der Waals surface area contributed by atoms with Gasteiger partial charge in [0.15, 0.2) is 0 Å². The predicted molar refractivity (Wildman–Crippen MR) is 44.3 cm³/mol. The number of urea groups is 1. The van der Waals surface area contributed by atoms with Crippen molar-refractivity contribution in [2.45, 2.75) is 19.4 Å². The van der Waals surface area contributed by atoms with Gasteiger partial charge in [0.1, 0.15) is 0 Å². The van der Waals surface area contributed by atoms with Crippen molar-refractivity contribution in [3.05, 3.63) is 0 Å². The number of nitrogens with two attached hydrogens (primary N) is 1. The highest BCUT2D eigenvalue weighted by atomic mass is 16.5. The summed E-state index contributed by atoms with van der Waals surface area (Å²) >= 11 is 0. The minimum Gasteiger partial charge on any atom is -0.377 e. The molecule has 0 spiro atoms. The maximum Gasteiger partial charge on any atom is 0.331 e. The van der Waals surface area contributed by atoms with Crippen LogP contribution < -0.4 is 11.3 Å². The fourth-order valence-corrected chi connectivity index (χ4v) is 1.27. The van der Waals surface area contributed by atoms with E-state index in [0.717, 1.165) is 13.0 Å². The first-order valence-corrected chi connectivity index (χ1v) is 4.11. The molecule has 0 aliphatic carbocycles. The topological polar surface area (TPSA) is 67.6 Å². The lowest BCUT2D eigenvalue weighted by Gasteiger charge is -2.20. The van der Waals surface area contributed by atoms with E-state index in [0.29, 0.717) is 13.1 Å². The normalized spacial score (nSPS) is 24.8. The summed E-state index contributed by atoms with van der Waals surface area (Å²) in [5.74, 6) is 5.02. The molecule has 1 aliphatic heterocycles. The molecule has 1 fully saturated rings. The summed E-state index contributed by atoms with van der Waals surface area (Å²) in [5.41, 5.74) is 2.11. The average Bonchev–Trinajstić information content (AvgIpc) is 2.28. The molecule has 0 saturated carbocycles. The Morgan fingerprint density at radius 1 is 1.75 bits per heavy atom. The molecule has 5 nitrogen and oxygen atoms in total. The molecule has 1 saturated heterocycles. The number of hydrazine groups is 1. The highest BCUT2D eigenvalue weighted by Crippen LogP contribution is 2.04. The van der Waals surface area contributed by atoms with Crippen LogP contribution in [0.2, 0.25) is 0 Å². The molecule has 0 aromatic rings. The number of ether oxygens (including phenoxy) is 1. The van der Waals surface area contributed by atoms with Crippen LogP contribution in [0.15, 0.2) is 0 Å². The van der Waals surface area contributed by atoms with Crippen molar-refractivity contribution in [3.8, 4) is 0 Å². The van der Waals surface area contributed by atoms with Gasteiger partial charge >= 0.3 is 6.03 Å². The molecular formula is C7H15N3O2. The van der Waals surface area contributed by atoms with E-state index in [-0.39, 0.29) is 12.1 Å². The van der Waals surface area contributed by atoms with Crippen molar-refractivity contribution in [2.75, 3.05) is 19.7 Å². The summed E-state index contributed by atoms with van der Waals surface area (Å²) in [6, 6.07) is -0.229. The van der Waals surface area contributed by atoms with Gasteiger partial charge < -0.3 is 9.64 Å². The maximum absolute atomic E-state index is 11.1. The van der Waals surface area contributed by atoms with Gasteiger partial charge in [-0.25, -0.2) is 10.6 Å². The molecule has 12 heavy (non-hydrogen) atoms. The van der Waals surface area contributed by atoms with Crippen molar-refractivity contribution in [1.82, 2.24) is 10.3 Å². The number of carbonyl (C=O) groups excluding carboxylic acids is 1. The minimum atomic E-state index is -0.229. The number of hydrogen-bond donors (Lipinski definition) is 2. The Hall–Kier alpha value is -0.810. The summed E-state index contributed by atoms with van der Waals surface area (Å²) in [6.45, 7) is 3.99. The Morgan fingerprint density at radius 3 is 3.17 bits per heavy atom. The zero-order valence-electron chi connectivity index (χ0n) is 7.25. The minimum absolute atomic E-state index is 0.102. The lowest BCUT2D eigenvalue weighted by molar-refractivity contribution is 0.0711. The lowest BCUT2D eigenvalue weighted by atomic mass is 10.3. The molecule has 0 bridgehead atoms. The molecule has 1 heterocycles. The van der Waals surface area contributed by atoms with Crippen molar-refractivity contribution >= 4 is 6.03 Å².